The molecule has 1 aromatic heterocycles. The van der Waals surface area contributed by atoms with E-state index < -0.39 is 17.9 Å². The molecule has 8 heteroatoms. The summed E-state index contributed by atoms with van der Waals surface area (Å²) in [7, 11) is 0. The van der Waals surface area contributed by atoms with E-state index in [1.807, 2.05) is 90.2 Å². The molecule has 3 aromatic rings. The molecule has 42 heavy (non-hydrogen) atoms. The van der Waals surface area contributed by atoms with Crippen molar-refractivity contribution in [3.8, 4) is 16.9 Å². The fourth-order valence-corrected chi connectivity index (χ4v) is 5.56. The number of thioether (sulfide) groups is 1. The maximum Gasteiger partial charge on any atom is 0.336 e. The van der Waals surface area contributed by atoms with Crippen LogP contribution in [-0.2, 0) is 19.1 Å². The van der Waals surface area contributed by atoms with Crippen LogP contribution in [0.25, 0.3) is 16.9 Å². The fourth-order valence-electron chi connectivity index (χ4n) is 4.90. The molecular weight excluding hydrogens is 546 g/mol. The fraction of sp³-hybridized carbons (Fsp3) is 0.382. The number of allylic oxidation sites excluding steroid dienone is 2. The zero-order valence-electron chi connectivity index (χ0n) is 25.6. The second-order valence-electron chi connectivity index (χ2n) is 11.3. The Morgan fingerprint density at radius 3 is 1.93 bits per heavy atom. The number of para-hydroxylation sites is 1. The van der Waals surface area contributed by atoms with Gasteiger partial charge in [-0.3, -0.25) is 0 Å². The van der Waals surface area contributed by atoms with Gasteiger partial charge in [0.15, 0.2) is 0 Å². The van der Waals surface area contributed by atoms with Crippen LogP contribution in [0.1, 0.15) is 59.9 Å². The van der Waals surface area contributed by atoms with Gasteiger partial charge in [-0.1, -0.05) is 65.0 Å². The van der Waals surface area contributed by atoms with Crippen molar-refractivity contribution in [1.29, 1.82) is 0 Å². The number of carbonyl (C=O) groups is 2. The molecule has 7 nitrogen and oxygen atoms in total. The van der Waals surface area contributed by atoms with Crippen molar-refractivity contribution < 1.29 is 19.1 Å². The van der Waals surface area contributed by atoms with E-state index in [2.05, 4.69) is 24.4 Å². The molecule has 1 N–H and O–H groups in total. The average Bonchev–Trinajstić information content (AvgIpc) is 3.40. The molecular formula is C34H41N3O4S. The summed E-state index contributed by atoms with van der Waals surface area (Å²) in [5.74, 6) is -0.383. The summed E-state index contributed by atoms with van der Waals surface area (Å²) in [6, 6.07) is 18.1. The van der Waals surface area contributed by atoms with Gasteiger partial charge in [0.2, 0.25) is 0 Å². The molecule has 0 amide bonds. The number of nitrogens with one attached hydrogen (secondary N) is 1. The van der Waals surface area contributed by atoms with Gasteiger partial charge in [0.25, 0.3) is 0 Å². The molecule has 1 aliphatic rings. The highest BCUT2D eigenvalue weighted by molar-refractivity contribution is 7.99. The van der Waals surface area contributed by atoms with Gasteiger partial charge in [-0.2, -0.15) is 5.10 Å². The number of aromatic nitrogens is 2. The number of dihydropyridines is 1. The predicted octanol–water partition coefficient (Wildman–Crippen LogP) is 7.28. The molecule has 4 rings (SSSR count). The van der Waals surface area contributed by atoms with Gasteiger partial charge < -0.3 is 14.8 Å². The lowest BCUT2D eigenvalue weighted by atomic mass is 9.79. The minimum absolute atomic E-state index is 0.161. The molecule has 1 aliphatic heterocycles. The highest BCUT2D eigenvalue weighted by Gasteiger charge is 2.40. The molecule has 0 saturated heterocycles. The van der Waals surface area contributed by atoms with Crippen LogP contribution in [0.4, 0.5) is 0 Å². The van der Waals surface area contributed by atoms with Gasteiger partial charge >= 0.3 is 11.9 Å². The molecule has 0 radical (unpaired) electrons. The Morgan fingerprint density at radius 2 is 1.43 bits per heavy atom. The third kappa shape index (κ3) is 7.16. The summed E-state index contributed by atoms with van der Waals surface area (Å²) in [5, 5.41) is 8.29. The van der Waals surface area contributed by atoms with Gasteiger partial charge in [0.05, 0.1) is 41.7 Å². The largest absolute Gasteiger partial charge is 0.462 e. The summed E-state index contributed by atoms with van der Waals surface area (Å²) >= 11 is 1.77. The molecule has 0 aliphatic carbocycles. The summed E-state index contributed by atoms with van der Waals surface area (Å²) in [4.78, 5) is 28.7. The van der Waals surface area contributed by atoms with Crippen molar-refractivity contribution in [2.24, 2.45) is 11.8 Å². The molecule has 0 atom stereocenters. The van der Waals surface area contributed by atoms with Crippen molar-refractivity contribution in [3.05, 3.63) is 88.9 Å². The normalized spacial score (nSPS) is 14.0. The average molecular weight is 588 g/mol. The second-order valence-corrected chi connectivity index (χ2v) is 12.6. The molecule has 0 spiro atoms. The zero-order chi connectivity index (χ0) is 30.4. The van der Waals surface area contributed by atoms with Crippen molar-refractivity contribution in [2.45, 2.75) is 59.3 Å². The lowest BCUT2D eigenvalue weighted by Crippen LogP contribution is -2.33. The van der Waals surface area contributed by atoms with E-state index in [0.717, 1.165) is 27.5 Å². The third-order valence-corrected chi connectivity index (χ3v) is 7.70. The summed E-state index contributed by atoms with van der Waals surface area (Å²) < 4.78 is 13.3. The Bertz CT molecular complexity index is 1420. The number of nitrogens with zero attached hydrogens (tertiary/aromatic N) is 2. The van der Waals surface area contributed by atoms with Gasteiger partial charge in [-0.25, -0.2) is 14.3 Å². The standard InChI is InChI=1S/C34H41N3O4S/c1-8-42-27-16-14-25(15-17-27)32-28(18-37(36-32)26-12-10-9-11-13-26)31-29(33(38)40-19-21(2)3)23(6)35-24(7)30(31)34(39)41-20-22(4)5/h9-18,21-22,31,35H,8,19-20H2,1-7H3. The number of hydrogen-bond acceptors (Lipinski definition) is 7. The second kappa shape index (κ2) is 13.9. The topological polar surface area (TPSA) is 82.5 Å². The van der Waals surface area contributed by atoms with Crippen LogP contribution in [-0.4, -0.2) is 40.7 Å². The number of carbonyl (C=O) groups excluding carboxylic acids is 2. The van der Waals surface area contributed by atoms with Crippen molar-refractivity contribution in [1.82, 2.24) is 15.1 Å². The molecule has 0 saturated carbocycles. The highest BCUT2D eigenvalue weighted by Crippen LogP contribution is 2.43. The van der Waals surface area contributed by atoms with E-state index >= 15 is 0 Å². The van der Waals surface area contributed by atoms with E-state index in [9.17, 15) is 9.59 Å². The Kier molecular flexibility index (Phi) is 10.3. The van der Waals surface area contributed by atoms with E-state index in [4.69, 9.17) is 14.6 Å². The predicted molar refractivity (Wildman–Crippen MR) is 168 cm³/mol. The van der Waals surface area contributed by atoms with Crippen LogP contribution in [0, 0.1) is 11.8 Å². The maximum atomic E-state index is 13.8. The first-order valence-electron chi connectivity index (χ1n) is 14.5. The van der Waals surface area contributed by atoms with Gasteiger partial charge in [0.1, 0.15) is 0 Å². The lowest BCUT2D eigenvalue weighted by Gasteiger charge is -2.30. The zero-order valence-corrected chi connectivity index (χ0v) is 26.4. The minimum Gasteiger partial charge on any atom is -0.462 e. The number of ether oxygens (including phenoxy) is 2. The molecule has 0 fully saturated rings. The van der Waals surface area contributed by atoms with Crippen molar-refractivity contribution >= 4 is 23.7 Å². The molecule has 222 valence electrons. The maximum absolute atomic E-state index is 13.8. The molecule has 0 unspecified atom stereocenters. The SMILES string of the molecule is CCSc1ccc(-c2nn(-c3ccccc3)cc2C2C(C(=O)OCC(C)C)=C(C)NC(C)=C2C(=O)OCC(C)C)cc1. The third-order valence-electron chi connectivity index (χ3n) is 6.81. The Labute approximate surface area is 253 Å². The number of benzene rings is 2. The van der Waals surface area contributed by atoms with Crippen molar-refractivity contribution in [2.75, 3.05) is 19.0 Å². The first-order valence-corrected chi connectivity index (χ1v) is 15.5. The van der Waals surface area contributed by atoms with Crippen LogP contribution in [0.15, 0.2) is 88.2 Å². The van der Waals surface area contributed by atoms with Crippen LogP contribution in [0.3, 0.4) is 0 Å². The van der Waals surface area contributed by atoms with Crippen LogP contribution >= 0.6 is 11.8 Å². The van der Waals surface area contributed by atoms with Crippen LogP contribution in [0.5, 0.6) is 0 Å². The van der Waals surface area contributed by atoms with E-state index in [-0.39, 0.29) is 25.0 Å². The van der Waals surface area contributed by atoms with Gasteiger partial charge in [0, 0.05) is 33.6 Å². The van der Waals surface area contributed by atoms with E-state index in [0.29, 0.717) is 28.2 Å². The Hall–Kier alpha value is -3.78. The summed E-state index contributed by atoms with van der Waals surface area (Å²) in [6.07, 6.45) is 1.92. The molecule has 2 heterocycles. The first-order chi connectivity index (χ1) is 20.1. The smallest absolute Gasteiger partial charge is 0.336 e. The Balaban J connectivity index is 1.94. The number of hydrogen-bond donors (Lipinski definition) is 1. The summed E-state index contributed by atoms with van der Waals surface area (Å²) in [6.45, 7) is 14.3. The molecule has 2 aromatic carbocycles. The van der Waals surface area contributed by atoms with E-state index in [1.54, 1.807) is 16.4 Å². The molecule has 0 bridgehead atoms. The minimum atomic E-state index is -0.747. The summed E-state index contributed by atoms with van der Waals surface area (Å²) in [5.41, 5.74) is 5.20. The van der Waals surface area contributed by atoms with Crippen molar-refractivity contribution in [3.63, 3.8) is 0 Å². The quantitative estimate of drug-likeness (QED) is 0.186. The Morgan fingerprint density at radius 1 is 0.881 bits per heavy atom. The van der Waals surface area contributed by atoms with Gasteiger partial charge in [-0.05, 0) is 55.7 Å². The first kappa shape index (κ1) is 31.2. The van der Waals surface area contributed by atoms with Crippen LogP contribution < -0.4 is 5.32 Å². The van der Waals surface area contributed by atoms with E-state index in [1.165, 1.54) is 0 Å². The highest BCUT2D eigenvalue weighted by atomic mass is 32.2. The number of rotatable bonds is 11. The van der Waals surface area contributed by atoms with Gasteiger partial charge in [-0.15, -0.1) is 11.8 Å². The monoisotopic (exact) mass is 587 g/mol. The number of esters is 2. The lowest BCUT2D eigenvalue weighted by molar-refractivity contribution is -0.141. The van der Waals surface area contributed by atoms with Crippen LogP contribution in [0.2, 0.25) is 0 Å².